The van der Waals surface area contributed by atoms with Gasteiger partial charge >= 0.3 is 0 Å². The summed E-state index contributed by atoms with van der Waals surface area (Å²) in [7, 11) is 0. The molecule has 0 atom stereocenters. The van der Waals surface area contributed by atoms with E-state index in [-0.39, 0.29) is 23.7 Å². The van der Waals surface area contributed by atoms with Crippen molar-refractivity contribution in [2.45, 2.75) is 46.6 Å². The van der Waals surface area contributed by atoms with Gasteiger partial charge in [0.25, 0.3) is 5.56 Å². The number of Topliss-reactive ketones (excluding diaryl/α,β-unsaturated/α-hetero) is 1. The molecule has 0 fully saturated rings. The molecule has 2 aromatic heterocycles. The SMILES string of the molecule is CCCc1nc2sc(CC)cc2c(=O)n1CC(=O)c1ccc(F)c(C)c1. The number of hydrogen-bond acceptors (Lipinski definition) is 4. The second kappa shape index (κ2) is 7.50. The van der Waals surface area contributed by atoms with Crippen LogP contribution in [0, 0.1) is 12.7 Å². The number of rotatable bonds is 6. The molecule has 4 nitrogen and oxygen atoms in total. The van der Waals surface area contributed by atoms with Gasteiger partial charge < -0.3 is 0 Å². The summed E-state index contributed by atoms with van der Waals surface area (Å²) in [4.78, 5) is 32.1. The molecule has 0 spiro atoms. The number of ketones is 1. The fourth-order valence-corrected chi connectivity index (χ4v) is 3.89. The fraction of sp³-hybridized carbons (Fsp3) is 0.350. The Morgan fingerprint density at radius 1 is 1.27 bits per heavy atom. The third-order valence-corrected chi connectivity index (χ3v) is 5.56. The minimum atomic E-state index is -0.348. The van der Waals surface area contributed by atoms with Crippen molar-refractivity contribution in [1.29, 1.82) is 0 Å². The van der Waals surface area contributed by atoms with Crippen molar-refractivity contribution in [1.82, 2.24) is 9.55 Å². The van der Waals surface area contributed by atoms with Crippen LogP contribution in [0.4, 0.5) is 4.39 Å². The lowest BCUT2D eigenvalue weighted by atomic mass is 10.1. The number of benzene rings is 1. The smallest absolute Gasteiger partial charge is 0.262 e. The third kappa shape index (κ3) is 3.46. The van der Waals surface area contributed by atoms with E-state index in [0.717, 1.165) is 22.5 Å². The van der Waals surface area contributed by atoms with Crippen molar-refractivity contribution in [3.8, 4) is 0 Å². The van der Waals surface area contributed by atoms with Crippen molar-refractivity contribution in [2.75, 3.05) is 0 Å². The van der Waals surface area contributed by atoms with Gasteiger partial charge in [-0.3, -0.25) is 14.2 Å². The topological polar surface area (TPSA) is 52.0 Å². The number of carbonyl (C=O) groups excluding carboxylic acids is 1. The molecule has 2 heterocycles. The summed E-state index contributed by atoms with van der Waals surface area (Å²) < 4.78 is 14.9. The van der Waals surface area contributed by atoms with Crippen LogP contribution in [0.1, 0.15) is 46.9 Å². The van der Waals surface area contributed by atoms with Crippen molar-refractivity contribution >= 4 is 27.3 Å². The van der Waals surface area contributed by atoms with Gasteiger partial charge in [0.2, 0.25) is 0 Å². The predicted octanol–water partition coefficient (Wildman–Crippen LogP) is 4.30. The molecule has 136 valence electrons. The van der Waals surface area contributed by atoms with Crippen LogP contribution in [0.15, 0.2) is 29.1 Å². The molecule has 0 saturated heterocycles. The molecule has 6 heteroatoms. The summed E-state index contributed by atoms with van der Waals surface area (Å²) in [6.45, 7) is 5.58. The molecule has 3 rings (SSSR count). The van der Waals surface area contributed by atoms with Crippen LogP contribution >= 0.6 is 11.3 Å². The first-order chi connectivity index (χ1) is 12.4. The summed E-state index contributed by atoms with van der Waals surface area (Å²) in [5, 5.41) is 0.565. The van der Waals surface area contributed by atoms with E-state index in [1.807, 2.05) is 19.9 Å². The monoisotopic (exact) mass is 372 g/mol. The maximum atomic E-state index is 13.5. The molecular formula is C20H21FN2O2S. The number of aryl methyl sites for hydroxylation is 3. The van der Waals surface area contributed by atoms with Crippen LogP contribution in [0.2, 0.25) is 0 Å². The van der Waals surface area contributed by atoms with E-state index in [9.17, 15) is 14.0 Å². The highest BCUT2D eigenvalue weighted by Crippen LogP contribution is 2.22. The molecule has 0 saturated carbocycles. The standard InChI is InChI=1S/C20H21FN2O2S/c1-4-6-18-22-19-15(10-14(5-2)26-19)20(25)23(18)11-17(24)13-7-8-16(21)12(3)9-13/h7-10H,4-6,11H2,1-3H3. The fourth-order valence-electron chi connectivity index (χ4n) is 2.91. The van der Waals surface area contributed by atoms with E-state index >= 15 is 0 Å². The summed E-state index contributed by atoms with van der Waals surface area (Å²) in [5.41, 5.74) is 0.635. The third-order valence-electron chi connectivity index (χ3n) is 4.38. The molecule has 3 aromatic rings. The molecule has 0 radical (unpaired) electrons. The second-order valence-corrected chi connectivity index (χ2v) is 7.46. The lowest BCUT2D eigenvalue weighted by Gasteiger charge is -2.11. The van der Waals surface area contributed by atoms with Crippen LogP contribution in [-0.2, 0) is 19.4 Å². The van der Waals surface area contributed by atoms with Gasteiger partial charge in [0.1, 0.15) is 16.5 Å². The van der Waals surface area contributed by atoms with Crippen molar-refractivity contribution < 1.29 is 9.18 Å². The van der Waals surface area contributed by atoms with Crippen LogP contribution < -0.4 is 5.56 Å². The van der Waals surface area contributed by atoms with E-state index in [2.05, 4.69) is 4.98 Å². The maximum absolute atomic E-state index is 13.5. The molecule has 26 heavy (non-hydrogen) atoms. The van der Waals surface area contributed by atoms with Gasteiger partial charge in [-0.15, -0.1) is 11.3 Å². The van der Waals surface area contributed by atoms with Crippen LogP contribution in [-0.4, -0.2) is 15.3 Å². The lowest BCUT2D eigenvalue weighted by Crippen LogP contribution is -2.28. The lowest BCUT2D eigenvalue weighted by molar-refractivity contribution is 0.0969. The summed E-state index contributed by atoms with van der Waals surface area (Å²) in [5.74, 6) is 0.0557. The summed E-state index contributed by atoms with van der Waals surface area (Å²) in [6, 6.07) is 6.13. The Morgan fingerprint density at radius 2 is 2.04 bits per heavy atom. The van der Waals surface area contributed by atoms with Crippen molar-refractivity contribution in [3.63, 3.8) is 0 Å². The number of thiophene rings is 1. The number of carbonyl (C=O) groups is 1. The number of nitrogens with zero attached hydrogens (tertiary/aromatic N) is 2. The van der Waals surface area contributed by atoms with E-state index in [4.69, 9.17) is 0 Å². The number of fused-ring (bicyclic) bond motifs is 1. The van der Waals surface area contributed by atoms with Crippen LogP contribution in [0.25, 0.3) is 10.2 Å². The van der Waals surface area contributed by atoms with Gasteiger partial charge in [0.15, 0.2) is 5.78 Å². The molecular weight excluding hydrogens is 351 g/mol. The Labute approximate surface area is 155 Å². The maximum Gasteiger partial charge on any atom is 0.262 e. The van der Waals surface area contributed by atoms with Gasteiger partial charge in [-0.2, -0.15) is 0 Å². The zero-order chi connectivity index (χ0) is 18.8. The minimum Gasteiger partial charge on any atom is -0.292 e. The first kappa shape index (κ1) is 18.5. The zero-order valence-corrected chi connectivity index (χ0v) is 16.0. The Morgan fingerprint density at radius 3 is 2.69 bits per heavy atom. The van der Waals surface area contributed by atoms with E-state index < -0.39 is 0 Å². The van der Waals surface area contributed by atoms with Gasteiger partial charge in [-0.25, -0.2) is 9.37 Å². The Bertz CT molecular complexity index is 1040. The van der Waals surface area contributed by atoms with E-state index in [1.54, 1.807) is 6.92 Å². The molecule has 0 aliphatic rings. The Kier molecular flexibility index (Phi) is 5.32. The van der Waals surface area contributed by atoms with E-state index in [0.29, 0.717) is 28.8 Å². The molecule has 0 aliphatic heterocycles. The van der Waals surface area contributed by atoms with Gasteiger partial charge in [0.05, 0.1) is 11.9 Å². The molecule has 0 unspecified atom stereocenters. The van der Waals surface area contributed by atoms with Crippen molar-refractivity contribution in [2.24, 2.45) is 0 Å². The van der Waals surface area contributed by atoms with Crippen LogP contribution in [0.5, 0.6) is 0 Å². The first-order valence-electron chi connectivity index (χ1n) is 8.76. The molecule has 0 aliphatic carbocycles. The normalized spacial score (nSPS) is 11.2. The van der Waals surface area contributed by atoms with Gasteiger partial charge in [-0.05, 0) is 49.6 Å². The average Bonchev–Trinajstić information content (AvgIpc) is 3.04. The number of halogens is 1. The van der Waals surface area contributed by atoms with Crippen molar-refractivity contribution in [3.05, 3.63) is 62.3 Å². The quantitative estimate of drug-likeness (QED) is 0.606. The average molecular weight is 372 g/mol. The Hall–Kier alpha value is -2.34. The second-order valence-electron chi connectivity index (χ2n) is 6.34. The highest BCUT2D eigenvalue weighted by Gasteiger charge is 2.17. The molecule has 0 N–H and O–H groups in total. The largest absolute Gasteiger partial charge is 0.292 e. The Balaban J connectivity index is 2.05. The minimum absolute atomic E-state index is 0.0838. The van der Waals surface area contributed by atoms with Crippen LogP contribution in [0.3, 0.4) is 0 Å². The first-order valence-corrected chi connectivity index (χ1v) is 9.57. The molecule has 1 aromatic carbocycles. The summed E-state index contributed by atoms with van der Waals surface area (Å²) >= 11 is 1.53. The van der Waals surface area contributed by atoms with Gasteiger partial charge in [0, 0.05) is 16.9 Å². The van der Waals surface area contributed by atoms with Gasteiger partial charge in [-0.1, -0.05) is 13.8 Å². The summed E-state index contributed by atoms with van der Waals surface area (Å²) in [6.07, 6.45) is 2.30. The number of aromatic nitrogens is 2. The highest BCUT2D eigenvalue weighted by atomic mass is 32.1. The highest BCUT2D eigenvalue weighted by molar-refractivity contribution is 7.18. The molecule has 0 bridgehead atoms. The zero-order valence-electron chi connectivity index (χ0n) is 15.1. The van der Waals surface area contributed by atoms with E-state index in [1.165, 1.54) is 34.1 Å². The molecule has 0 amide bonds. The number of hydrogen-bond donors (Lipinski definition) is 0. The predicted molar refractivity (Wildman–Crippen MR) is 103 cm³/mol.